The Morgan fingerprint density at radius 2 is 2.04 bits per heavy atom. The summed E-state index contributed by atoms with van der Waals surface area (Å²) in [5.74, 6) is 0.940. The van der Waals surface area contributed by atoms with Crippen molar-refractivity contribution in [2.24, 2.45) is 0 Å². The summed E-state index contributed by atoms with van der Waals surface area (Å²) < 4.78 is 33.8. The number of benzene rings is 2. The largest absolute Gasteiger partial charge is 0.493 e. The van der Waals surface area contributed by atoms with Gasteiger partial charge in [0.05, 0.1) is 11.5 Å². The van der Waals surface area contributed by atoms with E-state index in [1.165, 1.54) is 5.56 Å². The number of rotatable bonds is 5. The van der Waals surface area contributed by atoms with Crippen LogP contribution in [0.2, 0.25) is 0 Å². The van der Waals surface area contributed by atoms with E-state index in [4.69, 9.17) is 4.74 Å². The maximum absolute atomic E-state index is 12.5. The molecular formula is C17H18BrNO3S. The Morgan fingerprint density at radius 3 is 2.83 bits per heavy atom. The molecule has 0 spiro atoms. The third kappa shape index (κ3) is 3.76. The second-order valence-corrected chi connectivity index (χ2v) is 8.23. The van der Waals surface area contributed by atoms with Gasteiger partial charge in [-0.3, -0.25) is 0 Å². The molecule has 0 amide bonds. The molecule has 23 heavy (non-hydrogen) atoms. The Hall–Kier alpha value is -1.37. The number of hydrogen-bond donors (Lipinski definition) is 1. The molecule has 4 nitrogen and oxygen atoms in total. The summed E-state index contributed by atoms with van der Waals surface area (Å²) in [5, 5.41) is 0. The highest BCUT2D eigenvalue weighted by Gasteiger charge is 2.20. The van der Waals surface area contributed by atoms with E-state index in [1.54, 1.807) is 24.3 Å². The minimum atomic E-state index is -3.54. The summed E-state index contributed by atoms with van der Waals surface area (Å²) >= 11 is 3.29. The van der Waals surface area contributed by atoms with E-state index in [0.717, 1.165) is 24.3 Å². The van der Waals surface area contributed by atoms with E-state index in [-0.39, 0.29) is 10.9 Å². The van der Waals surface area contributed by atoms with Crippen molar-refractivity contribution in [3.8, 4) is 5.75 Å². The Kier molecular flexibility index (Phi) is 4.75. The van der Waals surface area contributed by atoms with E-state index in [0.29, 0.717) is 10.9 Å². The van der Waals surface area contributed by atoms with Crippen molar-refractivity contribution in [2.45, 2.75) is 30.7 Å². The normalized spacial score (nSPS) is 15.0. The van der Waals surface area contributed by atoms with Crippen molar-refractivity contribution in [3.05, 3.63) is 58.1 Å². The quantitative estimate of drug-likeness (QED) is 0.844. The number of halogens is 1. The van der Waals surface area contributed by atoms with Crippen LogP contribution < -0.4 is 9.46 Å². The van der Waals surface area contributed by atoms with Crippen LogP contribution in [-0.2, 0) is 22.9 Å². The van der Waals surface area contributed by atoms with Gasteiger partial charge in [-0.15, -0.1) is 0 Å². The molecule has 0 radical (unpaired) electrons. The lowest BCUT2D eigenvalue weighted by Crippen LogP contribution is -2.34. The van der Waals surface area contributed by atoms with Crippen molar-refractivity contribution in [2.75, 3.05) is 6.61 Å². The molecule has 0 aromatic heterocycles. The molecule has 1 heterocycles. The van der Waals surface area contributed by atoms with E-state index in [1.807, 2.05) is 19.1 Å². The van der Waals surface area contributed by atoms with Crippen LogP contribution in [0, 0.1) is 0 Å². The van der Waals surface area contributed by atoms with Crippen molar-refractivity contribution in [1.82, 2.24) is 4.72 Å². The number of sulfonamides is 1. The first-order chi connectivity index (χ1) is 11.0. The third-order valence-electron chi connectivity index (χ3n) is 3.78. The number of nitrogens with one attached hydrogen (secondary N) is 1. The second kappa shape index (κ2) is 6.63. The van der Waals surface area contributed by atoms with Crippen LogP contribution in [0.1, 0.15) is 18.1 Å². The molecule has 0 aliphatic carbocycles. The maximum atomic E-state index is 12.5. The van der Waals surface area contributed by atoms with E-state index in [9.17, 15) is 8.42 Å². The minimum Gasteiger partial charge on any atom is -0.493 e. The third-order valence-corrected chi connectivity index (χ3v) is 6.38. The molecule has 0 fully saturated rings. The molecule has 1 atom stereocenters. The highest BCUT2D eigenvalue weighted by molar-refractivity contribution is 9.10. The predicted octanol–water partition coefficient (Wildman–Crippen LogP) is 3.29. The van der Waals surface area contributed by atoms with E-state index < -0.39 is 10.0 Å². The minimum absolute atomic E-state index is 0.201. The Balaban J connectivity index is 1.72. The SMILES string of the molecule is C[C@H](Cc1ccc2c(c1)CCO2)NS(=O)(=O)c1ccccc1Br. The molecular weight excluding hydrogens is 378 g/mol. The van der Waals surface area contributed by atoms with Gasteiger partial charge in [0, 0.05) is 16.9 Å². The van der Waals surface area contributed by atoms with Crippen molar-refractivity contribution in [1.29, 1.82) is 0 Å². The fraction of sp³-hybridized carbons (Fsp3) is 0.294. The van der Waals surface area contributed by atoms with E-state index >= 15 is 0 Å². The average Bonchev–Trinajstić information content (AvgIpc) is 2.94. The van der Waals surface area contributed by atoms with Crippen molar-refractivity contribution >= 4 is 26.0 Å². The van der Waals surface area contributed by atoms with Crippen molar-refractivity contribution < 1.29 is 13.2 Å². The lowest BCUT2D eigenvalue weighted by atomic mass is 10.0. The average molecular weight is 396 g/mol. The molecule has 3 rings (SSSR count). The van der Waals surface area contributed by atoms with Gasteiger partial charge in [-0.1, -0.05) is 24.3 Å². The van der Waals surface area contributed by atoms with Gasteiger partial charge in [-0.2, -0.15) is 0 Å². The Labute approximate surface area is 145 Å². The fourth-order valence-electron chi connectivity index (χ4n) is 2.75. The monoisotopic (exact) mass is 395 g/mol. The van der Waals surface area contributed by atoms with E-state index in [2.05, 4.69) is 26.7 Å². The molecule has 0 bridgehead atoms. The number of hydrogen-bond acceptors (Lipinski definition) is 3. The number of fused-ring (bicyclic) bond motifs is 1. The summed E-state index contributed by atoms with van der Waals surface area (Å²) in [4.78, 5) is 0.259. The van der Waals surface area contributed by atoms with Crippen LogP contribution >= 0.6 is 15.9 Å². The topological polar surface area (TPSA) is 55.4 Å². The molecule has 2 aromatic carbocycles. The molecule has 1 aliphatic rings. The molecule has 2 aromatic rings. The van der Waals surface area contributed by atoms with Crippen LogP contribution in [-0.4, -0.2) is 21.1 Å². The van der Waals surface area contributed by atoms with Gasteiger partial charge in [0.25, 0.3) is 0 Å². The highest BCUT2D eigenvalue weighted by Crippen LogP contribution is 2.26. The van der Waals surface area contributed by atoms with Gasteiger partial charge in [0.2, 0.25) is 10.0 Å². The molecule has 1 aliphatic heterocycles. The zero-order chi connectivity index (χ0) is 16.4. The first-order valence-corrected chi connectivity index (χ1v) is 9.75. The first-order valence-electron chi connectivity index (χ1n) is 7.47. The first kappa shape index (κ1) is 16.5. The van der Waals surface area contributed by atoms with Gasteiger partial charge in [-0.25, -0.2) is 13.1 Å². The smallest absolute Gasteiger partial charge is 0.241 e. The maximum Gasteiger partial charge on any atom is 0.241 e. The van der Waals surface area contributed by atoms with Crippen LogP contribution in [0.5, 0.6) is 5.75 Å². The van der Waals surface area contributed by atoms with Gasteiger partial charge >= 0.3 is 0 Å². The van der Waals surface area contributed by atoms with Gasteiger partial charge in [0.15, 0.2) is 0 Å². The van der Waals surface area contributed by atoms with Crippen LogP contribution in [0.25, 0.3) is 0 Å². The van der Waals surface area contributed by atoms with Crippen molar-refractivity contribution in [3.63, 3.8) is 0 Å². The molecule has 122 valence electrons. The van der Waals surface area contributed by atoms with Crippen LogP contribution in [0.4, 0.5) is 0 Å². The fourth-order valence-corrected chi connectivity index (χ4v) is 5.00. The summed E-state index contributed by atoms with van der Waals surface area (Å²) in [5.41, 5.74) is 2.31. The Morgan fingerprint density at radius 1 is 1.26 bits per heavy atom. The molecule has 0 saturated heterocycles. The summed E-state index contributed by atoms with van der Waals surface area (Å²) in [6, 6.07) is 12.7. The lowest BCUT2D eigenvalue weighted by Gasteiger charge is -2.15. The molecule has 0 unspecified atom stereocenters. The predicted molar refractivity (Wildman–Crippen MR) is 93.3 cm³/mol. The molecule has 0 saturated carbocycles. The summed E-state index contributed by atoms with van der Waals surface area (Å²) in [7, 11) is -3.54. The molecule has 6 heteroatoms. The zero-order valence-electron chi connectivity index (χ0n) is 12.8. The second-order valence-electron chi connectivity index (χ2n) is 5.70. The van der Waals surface area contributed by atoms with Gasteiger partial charge < -0.3 is 4.74 Å². The standard InChI is InChI=1S/C17H18BrNO3S/c1-12(10-13-6-7-16-14(11-13)8-9-22-16)19-23(20,21)17-5-3-2-4-15(17)18/h2-7,11-12,19H,8-10H2,1H3/t12-/m1/s1. The van der Waals surface area contributed by atoms with Gasteiger partial charge in [0.1, 0.15) is 5.75 Å². The zero-order valence-corrected chi connectivity index (χ0v) is 15.2. The summed E-state index contributed by atoms with van der Waals surface area (Å²) in [6.45, 7) is 2.60. The molecule has 1 N–H and O–H groups in total. The number of ether oxygens (including phenoxy) is 1. The highest BCUT2D eigenvalue weighted by atomic mass is 79.9. The van der Waals surface area contributed by atoms with Gasteiger partial charge in [-0.05, 0) is 58.6 Å². The lowest BCUT2D eigenvalue weighted by molar-refractivity contribution is 0.357. The van der Waals surface area contributed by atoms with Crippen LogP contribution in [0.3, 0.4) is 0 Å². The summed E-state index contributed by atoms with van der Waals surface area (Å²) in [6.07, 6.45) is 1.55. The van der Waals surface area contributed by atoms with Crippen LogP contribution in [0.15, 0.2) is 51.8 Å². The Bertz CT molecular complexity index is 820.